The lowest BCUT2D eigenvalue weighted by atomic mass is 10.3. The van der Waals surface area contributed by atoms with Crippen LogP contribution in [0, 0.1) is 0 Å². The van der Waals surface area contributed by atoms with Gasteiger partial charge in [0.05, 0.1) is 9.79 Å². The average Bonchev–Trinajstić information content (AvgIpc) is 2.98. The Kier molecular flexibility index (Phi) is 11.3. The van der Waals surface area contributed by atoms with Crippen molar-refractivity contribution in [1.82, 2.24) is 19.6 Å². The largest absolute Gasteiger partial charge is 0.484 e. The molecule has 4 rings (SSSR count). The molecule has 0 unspecified atom stereocenters. The van der Waals surface area contributed by atoms with Gasteiger partial charge in [0.25, 0.3) is 11.8 Å². The highest BCUT2D eigenvalue weighted by atomic mass is 32.2. The number of rotatable bonds is 12. The lowest BCUT2D eigenvalue weighted by Crippen LogP contribution is -2.48. The summed E-state index contributed by atoms with van der Waals surface area (Å²) in [4.78, 5) is 31.4. The van der Waals surface area contributed by atoms with E-state index in [0.29, 0.717) is 32.8 Å². The first-order valence-electron chi connectivity index (χ1n) is 14.0. The minimum Gasteiger partial charge on any atom is -0.484 e. The van der Waals surface area contributed by atoms with Gasteiger partial charge in [-0.15, -0.1) is 0 Å². The lowest BCUT2D eigenvalue weighted by molar-refractivity contribution is -0.135. The van der Waals surface area contributed by atoms with Crippen LogP contribution in [0.4, 0.5) is 0 Å². The summed E-state index contributed by atoms with van der Waals surface area (Å²) >= 11 is 0. The van der Waals surface area contributed by atoms with Crippen LogP contribution < -0.4 is 9.47 Å². The number of likely N-dealkylation sites (N-methyl/N-ethyl adjacent to an activating group) is 2. The molecule has 2 aliphatic heterocycles. The number of benzene rings is 2. The predicted octanol–water partition coefficient (Wildman–Crippen LogP) is 0.926. The Morgan fingerprint density at radius 2 is 0.933 bits per heavy atom. The molecule has 2 aliphatic rings. The van der Waals surface area contributed by atoms with E-state index in [1.54, 1.807) is 9.80 Å². The number of carbonyl (C=O) groups is 2. The second-order valence-corrected chi connectivity index (χ2v) is 16.2. The highest BCUT2D eigenvalue weighted by Crippen LogP contribution is 2.49. The summed E-state index contributed by atoms with van der Waals surface area (Å²) in [7, 11) is -10.2. The zero-order valence-electron chi connectivity index (χ0n) is 25.2. The first kappa shape index (κ1) is 34.8. The van der Waals surface area contributed by atoms with Crippen LogP contribution in [0.5, 0.6) is 11.5 Å². The Morgan fingerprint density at radius 1 is 0.622 bits per heavy atom. The van der Waals surface area contributed by atoms with Crippen molar-refractivity contribution < 1.29 is 48.4 Å². The summed E-state index contributed by atoms with van der Waals surface area (Å²) in [6.45, 7) is 5.61. The molecule has 0 saturated carbocycles. The maximum atomic E-state index is 12.9. The monoisotopic (exact) mass is 688 g/mol. The van der Waals surface area contributed by atoms with Crippen LogP contribution in [0.2, 0.25) is 0 Å². The number of carbonyl (C=O) groups excluding carboxylic acids is 2. The molecule has 2 heterocycles. The maximum Gasteiger partial charge on any atom is 0.357 e. The molecule has 2 fully saturated rings. The summed E-state index contributed by atoms with van der Waals surface area (Å²) in [5.74, 6) is 0.0240. The maximum absolute atomic E-state index is 12.9. The fourth-order valence-corrected chi connectivity index (χ4v) is 9.25. The molecule has 0 aromatic heterocycles. The Labute approximate surface area is 263 Å². The van der Waals surface area contributed by atoms with Gasteiger partial charge in [0.15, 0.2) is 13.2 Å². The second-order valence-electron chi connectivity index (χ2n) is 10.7. The highest BCUT2D eigenvalue weighted by Gasteiger charge is 2.34. The molecule has 2 amide bonds. The van der Waals surface area contributed by atoms with E-state index in [9.17, 15) is 31.0 Å². The molecule has 2 aromatic carbocycles. The van der Waals surface area contributed by atoms with Gasteiger partial charge in [-0.05, 0) is 62.6 Å². The van der Waals surface area contributed by atoms with E-state index in [4.69, 9.17) is 17.4 Å². The Bertz CT molecular complexity index is 1490. The van der Waals surface area contributed by atoms with Crippen molar-refractivity contribution >= 4 is 39.6 Å². The van der Waals surface area contributed by atoms with Crippen molar-refractivity contribution in [2.75, 3.05) is 86.3 Å². The zero-order valence-corrected chi connectivity index (χ0v) is 27.8. The Morgan fingerprint density at radius 3 is 1.24 bits per heavy atom. The first-order valence-corrected chi connectivity index (χ1v) is 18.8. The van der Waals surface area contributed by atoms with E-state index in [1.807, 2.05) is 14.1 Å². The van der Waals surface area contributed by atoms with Gasteiger partial charge in [-0.3, -0.25) is 14.2 Å². The molecule has 0 atom stereocenters. The van der Waals surface area contributed by atoms with Crippen molar-refractivity contribution in [3.8, 4) is 11.5 Å². The number of piperazine rings is 2. The van der Waals surface area contributed by atoms with Gasteiger partial charge in [0.2, 0.25) is 0 Å². The van der Waals surface area contributed by atoms with Gasteiger partial charge < -0.3 is 29.1 Å². The summed E-state index contributed by atoms with van der Waals surface area (Å²) in [5.41, 5.74) is 0. The van der Waals surface area contributed by atoms with Crippen LogP contribution >= 0.6 is 7.60 Å². The van der Waals surface area contributed by atoms with Gasteiger partial charge in [-0.25, -0.2) is 0 Å². The number of ether oxygens (including phenoxy) is 2. The normalized spacial score (nSPS) is 17.2. The van der Waals surface area contributed by atoms with Crippen LogP contribution in [-0.2, 0) is 42.3 Å². The molecule has 45 heavy (non-hydrogen) atoms. The smallest absolute Gasteiger partial charge is 0.357 e. The molecular formula is C27H37N4O11PS2. The third-order valence-electron chi connectivity index (χ3n) is 7.13. The van der Waals surface area contributed by atoms with E-state index in [0.717, 1.165) is 50.4 Å². The Balaban J connectivity index is 1.29. The van der Waals surface area contributed by atoms with Gasteiger partial charge >= 0.3 is 27.8 Å². The number of amides is 2. The lowest BCUT2D eigenvalue weighted by Gasteiger charge is -2.32. The third-order valence-corrected chi connectivity index (χ3v) is 12.6. The molecule has 2 aromatic rings. The van der Waals surface area contributed by atoms with E-state index < -0.39 is 37.6 Å². The number of nitrogens with zero attached hydrogens (tertiary/aromatic N) is 4. The Hall–Kier alpha value is -3.05. The second kappa shape index (κ2) is 14.6. The van der Waals surface area contributed by atoms with Gasteiger partial charge in [0, 0.05) is 59.0 Å². The average molecular weight is 689 g/mol. The molecule has 2 saturated heterocycles. The molecule has 0 aliphatic carbocycles. The summed E-state index contributed by atoms with van der Waals surface area (Å²) < 4.78 is 84.2. The van der Waals surface area contributed by atoms with E-state index in [-0.39, 0.29) is 36.5 Å². The van der Waals surface area contributed by atoms with Gasteiger partial charge in [-0.1, -0.05) is 0 Å². The molecule has 0 bridgehead atoms. The van der Waals surface area contributed by atoms with Crippen LogP contribution in [-0.4, -0.2) is 135 Å². The van der Waals surface area contributed by atoms with Crippen molar-refractivity contribution in [1.29, 1.82) is 0 Å². The van der Waals surface area contributed by atoms with Crippen LogP contribution in [0.1, 0.15) is 0 Å². The fourth-order valence-electron chi connectivity index (χ4n) is 4.44. The molecule has 0 radical (unpaired) electrons. The van der Waals surface area contributed by atoms with Gasteiger partial charge in [0.1, 0.15) is 11.5 Å². The molecular weight excluding hydrogens is 651 g/mol. The summed E-state index contributed by atoms with van der Waals surface area (Å²) in [6.07, 6.45) is 0. The van der Waals surface area contributed by atoms with Crippen LogP contribution in [0.3, 0.4) is 0 Å². The standard InChI is InChI=1S/C27H37N4O11PS2/c1-28-12-16-30(17-13-28)26(32)20-39-22-4-8-24(9-5-22)44(35,36)41-43(3,34)42-45(37,38)25-10-6-23(7-11-25)40-21-27(33)31-18-14-29(2)15-19-31/h4-11H,12-21H2,1-3H3. The van der Waals surface area contributed by atoms with Crippen molar-refractivity contribution in [3.63, 3.8) is 0 Å². The third kappa shape index (κ3) is 9.97. The predicted molar refractivity (Wildman–Crippen MR) is 162 cm³/mol. The highest BCUT2D eigenvalue weighted by molar-refractivity contribution is 7.95. The van der Waals surface area contributed by atoms with Crippen molar-refractivity contribution in [2.24, 2.45) is 0 Å². The van der Waals surface area contributed by atoms with Crippen molar-refractivity contribution in [2.45, 2.75) is 9.79 Å². The van der Waals surface area contributed by atoms with E-state index >= 15 is 0 Å². The number of hydrogen-bond acceptors (Lipinski definition) is 13. The zero-order chi connectivity index (χ0) is 32.8. The van der Waals surface area contributed by atoms with Crippen LogP contribution in [0.25, 0.3) is 0 Å². The topological polar surface area (TPSA) is 169 Å². The summed E-state index contributed by atoms with van der Waals surface area (Å²) in [6, 6.07) is 9.56. The molecule has 0 N–H and O–H groups in total. The summed E-state index contributed by atoms with van der Waals surface area (Å²) in [5, 5.41) is 0. The first-order chi connectivity index (χ1) is 21.1. The minimum atomic E-state index is -4.73. The molecule has 0 spiro atoms. The quantitative estimate of drug-likeness (QED) is 0.289. The SMILES string of the molecule is CN1CCN(C(=O)COc2ccc(S(=O)(=O)OP(C)(=O)OS(=O)(=O)c3ccc(OCC(=O)N4CCN(C)CC4)cc3)cc2)CC1. The van der Waals surface area contributed by atoms with E-state index in [2.05, 4.69) is 9.80 Å². The van der Waals surface area contributed by atoms with Crippen molar-refractivity contribution in [3.05, 3.63) is 48.5 Å². The fraction of sp³-hybridized carbons (Fsp3) is 0.481. The molecule has 18 heteroatoms. The molecule has 15 nitrogen and oxygen atoms in total. The number of hydrogen-bond donors (Lipinski definition) is 0. The van der Waals surface area contributed by atoms with Gasteiger partial charge in [-0.2, -0.15) is 24.8 Å². The minimum absolute atomic E-state index is 0.202. The van der Waals surface area contributed by atoms with E-state index in [1.165, 1.54) is 24.3 Å². The molecule has 248 valence electrons. The van der Waals surface area contributed by atoms with Crippen LogP contribution in [0.15, 0.2) is 58.3 Å².